The molecule has 2 saturated heterocycles. The Kier molecular flexibility index (Phi) is 4.43. The molecule has 2 bridgehead atoms. The molecule has 0 aromatic heterocycles. The number of hydrogen-bond acceptors (Lipinski definition) is 2. The Bertz CT molecular complexity index is 601. The number of piperidine rings is 1. The van der Waals surface area contributed by atoms with Crippen molar-refractivity contribution < 1.29 is 14.3 Å². The first kappa shape index (κ1) is 15.8. The van der Waals surface area contributed by atoms with Crippen LogP contribution in [-0.2, 0) is 4.79 Å². The second kappa shape index (κ2) is 6.18. The van der Waals surface area contributed by atoms with Crippen molar-refractivity contribution in [3.63, 3.8) is 0 Å². The van der Waals surface area contributed by atoms with Crippen LogP contribution in [0, 0.1) is 11.7 Å². The predicted molar refractivity (Wildman–Crippen MR) is 91.3 cm³/mol. The standard InChI is InChI=1S/C17H19FINO2/c1-10(9-19)20-13-6-7-15(20)16(17(21)22)14(8-13)11-2-4-12(18)5-3-11/h2-5,9,13-16H,6-8H2,1H3,(H,21,22)/t13-,14+,15+,16-/m0/s1. The van der Waals surface area contributed by atoms with E-state index in [4.69, 9.17) is 0 Å². The average molecular weight is 415 g/mol. The molecule has 5 heteroatoms. The molecular formula is C17H19FINO2. The molecule has 1 aromatic carbocycles. The molecule has 2 aliphatic heterocycles. The normalized spacial score (nSPS) is 31.4. The second-order valence-corrected chi connectivity index (χ2v) is 6.84. The van der Waals surface area contributed by atoms with Crippen LogP contribution in [0.15, 0.2) is 34.0 Å². The number of nitrogens with zero attached hydrogens (tertiary/aromatic N) is 1. The number of aliphatic carboxylic acids is 1. The number of carbonyl (C=O) groups is 1. The van der Waals surface area contributed by atoms with Crippen LogP contribution in [0.2, 0.25) is 0 Å². The summed E-state index contributed by atoms with van der Waals surface area (Å²) in [6.45, 7) is 2.05. The van der Waals surface area contributed by atoms with Gasteiger partial charge in [0.2, 0.25) is 0 Å². The number of carboxylic acid groups (broad SMARTS) is 1. The highest BCUT2D eigenvalue weighted by atomic mass is 127. The minimum atomic E-state index is -0.745. The monoisotopic (exact) mass is 415 g/mol. The van der Waals surface area contributed by atoms with Crippen LogP contribution < -0.4 is 0 Å². The molecular weight excluding hydrogens is 396 g/mol. The lowest BCUT2D eigenvalue weighted by molar-refractivity contribution is -0.146. The molecule has 0 spiro atoms. The fraction of sp³-hybridized carbons (Fsp3) is 0.471. The molecule has 2 aliphatic rings. The molecule has 0 radical (unpaired) electrons. The molecule has 2 heterocycles. The van der Waals surface area contributed by atoms with Crippen LogP contribution in [0.3, 0.4) is 0 Å². The van der Waals surface area contributed by atoms with E-state index < -0.39 is 11.9 Å². The maximum absolute atomic E-state index is 13.2. The van der Waals surface area contributed by atoms with Gasteiger partial charge in [-0.05, 0) is 48.0 Å². The van der Waals surface area contributed by atoms with Gasteiger partial charge in [0.15, 0.2) is 0 Å². The number of carboxylic acids is 1. The molecule has 1 aromatic rings. The number of allylic oxidation sites excluding steroid dienone is 1. The summed E-state index contributed by atoms with van der Waals surface area (Å²) < 4.78 is 15.2. The van der Waals surface area contributed by atoms with Crippen LogP contribution in [0.25, 0.3) is 0 Å². The van der Waals surface area contributed by atoms with Gasteiger partial charge in [0.25, 0.3) is 0 Å². The van der Waals surface area contributed by atoms with E-state index in [1.807, 2.05) is 4.08 Å². The van der Waals surface area contributed by atoms with Gasteiger partial charge in [-0.15, -0.1) is 0 Å². The Balaban J connectivity index is 1.97. The highest BCUT2D eigenvalue weighted by molar-refractivity contribution is 14.1. The van der Waals surface area contributed by atoms with E-state index >= 15 is 0 Å². The van der Waals surface area contributed by atoms with E-state index in [1.54, 1.807) is 12.1 Å². The maximum atomic E-state index is 13.2. The summed E-state index contributed by atoms with van der Waals surface area (Å²) in [4.78, 5) is 14.2. The van der Waals surface area contributed by atoms with Crippen molar-refractivity contribution >= 4 is 28.6 Å². The average Bonchev–Trinajstić information content (AvgIpc) is 2.80. The number of rotatable bonds is 3. The number of hydrogen-bond donors (Lipinski definition) is 1. The van der Waals surface area contributed by atoms with Crippen LogP contribution in [0.1, 0.15) is 37.7 Å². The summed E-state index contributed by atoms with van der Waals surface area (Å²) in [7, 11) is 0. The van der Waals surface area contributed by atoms with Gasteiger partial charge in [-0.25, -0.2) is 4.39 Å². The van der Waals surface area contributed by atoms with E-state index in [0.29, 0.717) is 6.04 Å². The molecule has 4 atom stereocenters. The lowest BCUT2D eigenvalue weighted by Gasteiger charge is -2.44. The summed E-state index contributed by atoms with van der Waals surface area (Å²) >= 11 is 2.22. The molecule has 3 nitrogen and oxygen atoms in total. The van der Waals surface area contributed by atoms with Gasteiger partial charge in [-0.2, -0.15) is 0 Å². The first-order chi connectivity index (χ1) is 10.5. The smallest absolute Gasteiger partial charge is 0.309 e. The summed E-state index contributed by atoms with van der Waals surface area (Å²) in [6, 6.07) is 6.77. The van der Waals surface area contributed by atoms with E-state index in [1.165, 1.54) is 12.1 Å². The Morgan fingerprint density at radius 3 is 2.64 bits per heavy atom. The van der Waals surface area contributed by atoms with E-state index in [-0.39, 0.29) is 17.8 Å². The second-order valence-electron chi connectivity index (χ2n) is 6.21. The van der Waals surface area contributed by atoms with Crippen molar-refractivity contribution in [1.29, 1.82) is 0 Å². The van der Waals surface area contributed by atoms with Gasteiger partial charge in [0, 0.05) is 23.7 Å². The van der Waals surface area contributed by atoms with Crippen LogP contribution >= 0.6 is 22.6 Å². The fourth-order valence-electron chi connectivity index (χ4n) is 4.20. The molecule has 22 heavy (non-hydrogen) atoms. The van der Waals surface area contributed by atoms with Crippen LogP contribution in [0.5, 0.6) is 0 Å². The van der Waals surface area contributed by atoms with Crippen LogP contribution in [0.4, 0.5) is 4.39 Å². The Hall–Kier alpha value is -1.11. The first-order valence-electron chi connectivity index (χ1n) is 7.56. The third-order valence-corrected chi connectivity index (χ3v) is 5.97. The zero-order valence-corrected chi connectivity index (χ0v) is 14.5. The summed E-state index contributed by atoms with van der Waals surface area (Å²) in [6.07, 6.45) is 2.77. The Labute approximate surface area is 143 Å². The van der Waals surface area contributed by atoms with Crippen molar-refractivity contribution in [3.05, 3.63) is 45.4 Å². The van der Waals surface area contributed by atoms with Crippen molar-refractivity contribution in [1.82, 2.24) is 4.90 Å². The Morgan fingerprint density at radius 2 is 2.05 bits per heavy atom. The van der Waals surface area contributed by atoms with Gasteiger partial charge < -0.3 is 10.0 Å². The van der Waals surface area contributed by atoms with Gasteiger partial charge in [0.1, 0.15) is 5.82 Å². The molecule has 0 amide bonds. The minimum absolute atomic E-state index is 0.0335. The SMILES string of the molecule is CC(=CI)N1[C@H]2CC[C@@H]1[C@@H](C(=O)O)[C@@H](c1ccc(F)cc1)C2. The lowest BCUT2D eigenvalue weighted by atomic mass is 9.76. The van der Waals surface area contributed by atoms with Crippen LogP contribution in [-0.4, -0.2) is 28.1 Å². The van der Waals surface area contributed by atoms with Gasteiger partial charge in [-0.1, -0.05) is 34.7 Å². The quantitative estimate of drug-likeness (QED) is 0.755. The summed E-state index contributed by atoms with van der Waals surface area (Å²) in [5.74, 6) is -1.49. The number of fused-ring (bicyclic) bond motifs is 2. The fourth-order valence-corrected chi connectivity index (χ4v) is 4.52. The van der Waals surface area contributed by atoms with Crippen molar-refractivity contribution in [2.75, 3.05) is 0 Å². The molecule has 0 aliphatic carbocycles. The van der Waals surface area contributed by atoms with Crippen molar-refractivity contribution in [2.24, 2.45) is 5.92 Å². The zero-order valence-electron chi connectivity index (χ0n) is 12.4. The zero-order chi connectivity index (χ0) is 15.9. The maximum Gasteiger partial charge on any atom is 0.309 e. The first-order valence-corrected chi connectivity index (χ1v) is 8.81. The molecule has 0 unspecified atom stereocenters. The number of halogens is 2. The third kappa shape index (κ3) is 2.64. The summed E-state index contributed by atoms with van der Waals surface area (Å²) in [5.41, 5.74) is 2.10. The lowest BCUT2D eigenvalue weighted by Crippen LogP contribution is -2.49. The van der Waals surface area contributed by atoms with Crippen molar-refractivity contribution in [3.8, 4) is 0 Å². The predicted octanol–water partition coefficient (Wildman–Crippen LogP) is 4.14. The highest BCUT2D eigenvalue weighted by Gasteiger charge is 2.50. The van der Waals surface area contributed by atoms with Crippen molar-refractivity contribution in [2.45, 2.75) is 44.2 Å². The largest absolute Gasteiger partial charge is 0.481 e. The molecule has 1 N–H and O–H groups in total. The van der Waals surface area contributed by atoms with Gasteiger partial charge >= 0.3 is 5.97 Å². The number of benzene rings is 1. The van der Waals surface area contributed by atoms with E-state index in [2.05, 4.69) is 34.4 Å². The molecule has 3 rings (SSSR count). The molecule has 118 valence electrons. The van der Waals surface area contributed by atoms with E-state index in [9.17, 15) is 14.3 Å². The van der Waals surface area contributed by atoms with E-state index in [0.717, 1.165) is 30.5 Å². The summed E-state index contributed by atoms with van der Waals surface area (Å²) in [5, 5.41) is 9.79. The Morgan fingerprint density at radius 1 is 1.36 bits per heavy atom. The minimum Gasteiger partial charge on any atom is -0.481 e. The third-order valence-electron chi connectivity index (χ3n) is 5.07. The highest BCUT2D eigenvalue weighted by Crippen LogP contribution is 2.48. The van der Waals surface area contributed by atoms with Gasteiger partial charge in [-0.3, -0.25) is 4.79 Å². The topological polar surface area (TPSA) is 40.5 Å². The molecule has 0 saturated carbocycles. The molecule has 2 fully saturated rings. The van der Waals surface area contributed by atoms with Gasteiger partial charge in [0.05, 0.1) is 5.92 Å².